The summed E-state index contributed by atoms with van der Waals surface area (Å²) in [6.45, 7) is 0. The lowest BCUT2D eigenvalue weighted by molar-refractivity contribution is 0.415. The maximum atomic E-state index is 6.04. The minimum Gasteiger partial charge on any atom is -0.497 e. The van der Waals surface area contributed by atoms with Crippen LogP contribution in [0.3, 0.4) is 0 Å². The molecule has 114 valence electrons. The van der Waals surface area contributed by atoms with Crippen molar-refractivity contribution in [1.29, 1.82) is 0 Å². The Kier molecular flexibility index (Phi) is 6.00. The van der Waals surface area contributed by atoms with Gasteiger partial charge in [-0.25, -0.2) is 0 Å². The highest BCUT2D eigenvalue weighted by atomic mass is 35.5. The SMILES string of the molecule is COc1ccc(NC(=S)NN=Cc2ccc(Cl)cc2Cl)cc1. The van der Waals surface area contributed by atoms with Crippen LogP contribution in [0, 0.1) is 0 Å². The van der Waals surface area contributed by atoms with Crippen molar-refractivity contribution in [2.75, 3.05) is 12.4 Å². The molecule has 7 heteroatoms. The van der Waals surface area contributed by atoms with Crippen molar-refractivity contribution in [2.24, 2.45) is 5.10 Å². The van der Waals surface area contributed by atoms with Crippen LogP contribution < -0.4 is 15.5 Å². The summed E-state index contributed by atoms with van der Waals surface area (Å²) in [5.74, 6) is 0.778. The first-order chi connectivity index (χ1) is 10.6. The number of hydrazone groups is 1. The molecule has 2 aromatic carbocycles. The number of ether oxygens (including phenoxy) is 1. The van der Waals surface area contributed by atoms with Crippen LogP contribution in [0.4, 0.5) is 5.69 Å². The molecule has 0 amide bonds. The fraction of sp³-hybridized carbons (Fsp3) is 0.0667. The lowest BCUT2D eigenvalue weighted by atomic mass is 10.2. The van der Waals surface area contributed by atoms with Crippen molar-refractivity contribution < 1.29 is 4.74 Å². The Balaban J connectivity index is 1.90. The third-order valence-electron chi connectivity index (χ3n) is 2.68. The van der Waals surface area contributed by atoms with Gasteiger partial charge in [-0.1, -0.05) is 29.3 Å². The van der Waals surface area contributed by atoms with Crippen molar-refractivity contribution in [3.05, 3.63) is 58.1 Å². The molecule has 0 bridgehead atoms. The average Bonchev–Trinajstić information content (AvgIpc) is 2.50. The average molecular weight is 354 g/mol. The fourth-order valence-corrected chi connectivity index (χ4v) is 2.23. The lowest BCUT2D eigenvalue weighted by Gasteiger charge is -2.07. The molecule has 0 atom stereocenters. The third-order valence-corrected chi connectivity index (χ3v) is 3.44. The minimum atomic E-state index is 0.367. The van der Waals surface area contributed by atoms with Crippen LogP contribution in [0.1, 0.15) is 5.56 Å². The summed E-state index contributed by atoms with van der Waals surface area (Å²) in [5.41, 5.74) is 4.29. The topological polar surface area (TPSA) is 45.6 Å². The molecule has 2 N–H and O–H groups in total. The number of rotatable bonds is 4. The zero-order valence-corrected chi connectivity index (χ0v) is 14.0. The summed E-state index contributed by atoms with van der Waals surface area (Å²) in [6, 6.07) is 12.5. The monoisotopic (exact) mass is 353 g/mol. The molecule has 0 fully saturated rings. The molecule has 0 unspecified atom stereocenters. The van der Waals surface area contributed by atoms with E-state index in [9.17, 15) is 0 Å². The molecule has 2 aromatic rings. The van der Waals surface area contributed by atoms with Gasteiger partial charge in [0, 0.05) is 16.3 Å². The lowest BCUT2D eigenvalue weighted by Crippen LogP contribution is -2.23. The molecule has 0 aliphatic heterocycles. The van der Waals surface area contributed by atoms with E-state index in [-0.39, 0.29) is 0 Å². The molecule has 0 aromatic heterocycles. The number of hydrogen-bond acceptors (Lipinski definition) is 3. The van der Waals surface area contributed by atoms with Crippen LogP contribution in [0.5, 0.6) is 5.75 Å². The van der Waals surface area contributed by atoms with Crippen LogP contribution in [-0.4, -0.2) is 18.4 Å². The smallest absolute Gasteiger partial charge is 0.191 e. The first-order valence-electron chi connectivity index (χ1n) is 6.27. The zero-order valence-electron chi connectivity index (χ0n) is 11.6. The molecule has 0 saturated carbocycles. The first kappa shape index (κ1) is 16.5. The van der Waals surface area contributed by atoms with Crippen LogP contribution in [0.25, 0.3) is 0 Å². The molecular weight excluding hydrogens is 341 g/mol. The number of thiocarbonyl (C=S) groups is 1. The van der Waals surface area contributed by atoms with Gasteiger partial charge >= 0.3 is 0 Å². The number of nitrogens with zero attached hydrogens (tertiary/aromatic N) is 1. The van der Waals surface area contributed by atoms with Gasteiger partial charge in [-0.15, -0.1) is 0 Å². The summed E-state index contributed by atoms with van der Waals surface area (Å²) >= 11 is 17.0. The van der Waals surface area contributed by atoms with E-state index in [4.69, 9.17) is 40.2 Å². The van der Waals surface area contributed by atoms with Gasteiger partial charge < -0.3 is 10.1 Å². The molecule has 0 aliphatic rings. The molecule has 0 radical (unpaired) electrons. The van der Waals surface area contributed by atoms with Crippen LogP contribution >= 0.6 is 35.4 Å². The van der Waals surface area contributed by atoms with E-state index in [1.807, 2.05) is 24.3 Å². The second kappa shape index (κ2) is 7.98. The summed E-state index contributed by atoms with van der Waals surface area (Å²) in [6.07, 6.45) is 1.57. The Hall–Kier alpha value is -1.82. The molecule has 0 heterocycles. The number of nitrogens with one attached hydrogen (secondary N) is 2. The second-order valence-electron chi connectivity index (χ2n) is 4.22. The van der Waals surface area contributed by atoms with Crippen LogP contribution in [-0.2, 0) is 0 Å². The molecule has 0 saturated heterocycles. The molecule has 2 rings (SSSR count). The first-order valence-corrected chi connectivity index (χ1v) is 7.44. The van der Waals surface area contributed by atoms with Gasteiger partial charge in [-0.05, 0) is 48.6 Å². The van der Waals surface area contributed by atoms with E-state index in [0.29, 0.717) is 15.2 Å². The van der Waals surface area contributed by atoms with E-state index in [1.54, 1.807) is 31.5 Å². The van der Waals surface area contributed by atoms with E-state index in [2.05, 4.69) is 15.8 Å². The Labute approximate surface area is 144 Å². The van der Waals surface area contributed by atoms with E-state index < -0.39 is 0 Å². The minimum absolute atomic E-state index is 0.367. The molecule has 4 nitrogen and oxygen atoms in total. The largest absolute Gasteiger partial charge is 0.497 e. The molecule has 0 spiro atoms. The number of anilines is 1. The molecule has 0 aliphatic carbocycles. The van der Waals surface area contributed by atoms with Crippen molar-refractivity contribution in [3.8, 4) is 5.75 Å². The van der Waals surface area contributed by atoms with E-state index in [1.165, 1.54) is 0 Å². The number of benzene rings is 2. The van der Waals surface area contributed by atoms with Crippen molar-refractivity contribution in [2.45, 2.75) is 0 Å². The normalized spacial score (nSPS) is 10.5. The van der Waals surface area contributed by atoms with Crippen molar-refractivity contribution in [3.63, 3.8) is 0 Å². The van der Waals surface area contributed by atoms with Crippen molar-refractivity contribution in [1.82, 2.24) is 5.43 Å². The highest BCUT2D eigenvalue weighted by Crippen LogP contribution is 2.19. The van der Waals surface area contributed by atoms with Gasteiger partial charge in [-0.2, -0.15) is 5.10 Å². The highest BCUT2D eigenvalue weighted by Gasteiger charge is 1.99. The van der Waals surface area contributed by atoms with Crippen LogP contribution in [0.2, 0.25) is 10.0 Å². The van der Waals surface area contributed by atoms with Gasteiger partial charge in [-0.3, -0.25) is 5.43 Å². The van der Waals surface area contributed by atoms with Gasteiger partial charge in [0.05, 0.1) is 18.3 Å². The van der Waals surface area contributed by atoms with Gasteiger partial charge in [0.15, 0.2) is 5.11 Å². The second-order valence-corrected chi connectivity index (χ2v) is 5.47. The van der Waals surface area contributed by atoms with E-state index in [0.717, 1.165) is 17.0 Å². The van der Waals surface area contributed by atoms with Gasteiger partial charge in [0.2, 0.25) is 0 Å². The molecular formula is C15H13Cl2N3OS. The van der Waals surface area contributed by atoms with Gasteiger partial charge in [0.1, 0.15) is 5.75 Å². The fourth-order valence-electron chi connectivity index (χ4n) is 1.60. The van der Waals surface area contributed by atoms with Crippen LogP contribution in [0.15, 0.2) is 47.6 Å². The van der Waals surface area contributed by atoms with Crippen molar-refractivity contribution >= 4 is 52.4 Å². The zero-order chi connectivity index (χ0) is 15.9. The Morgan fingerprint density at radius 1 is 1.18 bits per heavy atom. The summed E-state index contributed by atoms with van der Waals surface area (Å²) in [5, 5.41) is 8.49. The Morgan fingerprint density at radius 3 is 2.55 bits per heavy atom. The standard InChI is InChI=1S/C15H13Cl2N3OS/c1-21-13-6-4-12(5-7-13)19-15(22)20-18-9-10-2-3-11(16)8-14(10)17/h2-9H,1H3,(H2,19,20,22). The maximum absolute atomic E-state index is 6.04. The number of halogens is 2. The van der Waals surface area contributed by atoms with Gasteiger partial charge in [0.25, 0.3) is 0 Å². The predicted octanol–water partition coefficient (Wildman–Crippen LogP) is 4.32. The van der Waals surface area contributed by atoms with E-state index >= 15 is 0 Å². The molecule has 22 heavy (non-hydrogen) atoms. The number of methoxy groups -OCH3 is 1. The predicted molar refractivity (Wildman–Crippen MR) is 96.4 cm³/mol. The highest BCUT2D eigenvalue weighted by molar-refractivity contribution is 7.80. The third kappa shape index (κ3) is 4.87. The Morgan fingerprint density at radius 2 is 1.91 bits per heavy atom. The summed E-state index contributed by atoms with van der Waals surface area (Å²) < 4.78 is 5.09. The quantitative estimate of drug-likeness (QED) is 0.488. The Bertz CT molecular complexity index is 690. The number of hydrogen-bond donors (Lipinski definition) is 2. The summed E-state index contributed by atoms with van der Waals surface area (Å²) in [7, 11) is 1.62. The maximum Gasteiger partial charge on any atom is 0.191 e. The summed E-state index contributed by atoms with van der Waals surface area (Å²) in [4.78, 5) is 0.